The zero-order chi connectivity index (χ0) is 16.2. The van der Waals surface area contributed by atoms with Gasteiger partial charge in [-0.15, -0.1) is 0 Å². The molecule has 3 heterocycles. The van der Waals surface area contributed by atoms with E-state index in [1.165, 1.54) is 6.42 Å². The minimum Gasteiger partial charge on any atom is -0.378 e. The summed E-state index contributed by atoms with van der Waals surface area (Å²) in [4.78, 5) is 21.3. The van der Waals surface area contributed by atoms with Crippen LogP contribution < -0.4 is 0 Å². The number of hydrogen-bond acceptors (Lipinski definition) is 4. The van der Waals surface area contributed by atoms with Crippen molar-refractivity contribution in [3.05, 3.63) is 18.2 Å². The molecule has 0 aliphatic carbocycles. The topological polar surface area (TPSA) is 50.6 Å². The van der Waals surface area contributed by atoms with Crippen LogP contribution in [-0.2, 0) is 16.6 Å². The maximum Gasteiger partial charge on any atom is 0.222 e. The van der Waals surface area contributed by atoms with Crippen molar-refractivity contribution >= 4 is 5.91 Å². The van der Waals surface area contributed by atoms with Gasteiger partial charge in [0, 0.05) is 52.1 Å². The van der Waals surface area contributed by atoms with Gasteiger partial charge in [-0.1, -0.05) is 0 Å². The van der Waals surface area contributed by atoms with E-state index in [9.17, 15) is 4.79 Å². The molecule has 3 rings (SSSR count). The molecule has 0 aromatic carbocycles. The number of carbonyl (C=O) groups excluding carboxylic acids is 1. The summed E-state index contributed by atoms with van der Waals surface area (Å²) in [5.74, 6) is 1.28. The Balaban J connectivity index is 1.55. The molecule has 2 aliphatic heterocycles. The van der Waals surface area contributed by atoms with Crippen molar-refractivity contribution in [2.24, 2.45) is 7.05 Å². The molecule has 0 radical (unpaired) electrons. The van der Waals surface area contributed by atoms with Gasteiger partial charge >= 0.3 is 0 Å². The Hall–Kier alpha value is -1.40. The lowest BCUT2D eigenvalue weighted by Crippen LogP contribution is -2.49. The SMILES string of the molecule is CN1CCN(C(=O)CC[C@@H]2CCCCO2)C[C@H]1c1nccn1C. The van der Waals surface area contributed by atoms with Gasteiger partial charge in [0.1, 0.15) is 5.82 Å². The van der Waals surface area contributed by atoms with Crippen LogP contribution in [0.15, 0.2) is 12.4 Å². The van der Waals surface area contributed by atoms with E-state index in [1.54, 1.807) is 0 Å². The predicted octanol–water partition coefficient (Wildman–Crippen LogP) is 1.58. The molecule has 0 spiro atoms. The first-order valence-electron chi connectivity index (χ1n) is 8.72. The first-order chi connectivity index (χ1) is 11.1. The first-order valence-corrected chi connectivity index (χ1v) is 8.72. The number of aromatic nitrogens is 2. The van der Waals surface area contributed by atoms with E-state index in [2.05, 4.69) is 16.9 Å². The quantitative estimate of drug-likeness (QED) is 0.845. The summed E-state index contributed by atoms with van der Waals surface area (Å²) >= 11 is 0. The maximum atomic E-state index is 12.6. The summed E-state index contributed by atoms with van der Waals surface area (Å²) in [6.45, 7) is 3.28. The highest BCUT2D eigenvalue weighted by molar-refractivity contribution is 5.76. The van der Waals surface area contributed by atoms with Crippen LogP contribution in [0.5, 0.6) is 0 Å². The zero-order valence-corrected chi connectivity index (χ0v) is 14.3. The van der Waals surface area contributed by atoms with Crippen LogP contribution in [0.2, 0.25) is 0 Å². The molecule has 6 heteroatoms. The number of carbonyl (C=O) groups is 1. The molecule has 6 nitrogen and oxygen atoms in total. The van der Waals surface area contributed by atoms with Gasteiger partial charge in [-0.25, -0.2) is 4.98 Å². The van der Waals surface area contributed by atoms with Gasteiger partial charge in [0.25, 0.3) is 0 Å². The van der Waals surface area contributed by atoms with Crippen LogP contribution in [0.25, 0.3) is 0 Å². The Kier molecular flexibility index (Phi) is 5.33. The van der Waals surface area contributed by atoms with Crippen molar-refractivity contribution in [1.29, 1.82) is 0 Å². The Morgan fingerprint density at radius 3 is 2.91 bits per heavy atom. The average Bonchev–Trinajstić information content (AvgIpc) is 3.00. The van der Waals surface area contributed by atoms with Crippen LogP contribution >= 0.6 is 0 Å². The third kappa shape index (κ3) is 3.93. The van der Waals surface area contributed by atoms with E-state index in [-0.39, 0.29) is 18.1 Å². The minimum absolute atomic E-state index is 0.179. The summed E-state index contributed by atoms with van der Waals surface area (Å²) in [5, 5.41) is 0. The smallest absolute Gasteiger partial charge is 0.222 e. The van der Waals surface area contributed by atoms with E-state index in [4.69, 9.17) is 4.74 Å². The summed E-state index contributed by atoms with van der Waals surface area (Å²) in [6.07, 6.45) is 9.02. The second kappa shape index (κ2) is 7.45. The molecule has 2 atom stereocenters. The first kappa shape index (κ1) is 16.5. The summed E-state index contributed by atoms with van der Waals surface area (Å²) in [6, 6.07) is 0.179. The van der Waals surface area contributed by atoms with E-state index in [0.29, 0.717) is 6.42 Å². The molecule has 2 fully saturated rings. The van der Waals surface area contributed by atoms with Crippen LogP contribution in [-0.4, -0.2) is 64.7 Å². The molecule has 23 heavy (non-hydrogen) atoms. The number of aryl methyl sites for hydroxylation is 1. The number of rotatable bonds is 4. The molecule has 0 bridgehead atoms. The molecule has 1 amide bonds. The molecule has 2 aliphatic rings. The summed E-state index contributed by atoms with van der Waals surface area (Å²) in [5.41, 5.74) is 0. The monoisotopic (exact) mass is 320 g/mol. The third-order valence-electron chi connectivity index (χ3n) is 5.11. The molecule has 1 aromatic heterocycles. The third-order valence-corrected chi connectivity index (χ3v) is 5.11. The van der Waals surface area contributed by atoms with Crippen molar-refractivity contribution in [2.75, 3.05) is 33.3 Å². The molecule has 2 saturated heterocycles. The second-order valence-electron chi connectivity index (χ2n) is 6.76. The molecule has 0 unspecified atom stereocenters. The summed E-state index contributed by atoms with van der Waals surface area (Å²) < 4.78 is 7.78. The number of amides is 1. The number of piperazine rings is 1. The van der Waals surface area contributed by atoms with Crippen LogP contribution in [0.4, 0.5) is 0 Å². The van der Waals surface area contributed by atoms with Crippen molar-refractivity contribution in [3.8, 4) is 0 Å². The van der Waals surface area contributed by atoms with Gasteiger partial charge in [0.2, 0.25) is 5.91 Å². The molecule has 1 aromatic rings. The van der Waals surface area contributed by atoms with Gasteiger partial charge in [-0.3, -0.25) is 9.69 Å². The number of nitrogens with zero attached hydrogens (tertiary/aromatic N) is 4. The van der Waals surface area contributed by atoms with Crippen LogP contribution in [0.3, 0.4) is 0 Å². The van der Waals surface area contributed by atoms with Crippen LogP contribution in [0, 0.1) is 0 Å². The van der Waals surface area contributed by atoms with Crippen molar-refractivity contribution in [1.82, 2.24) is 19.4 Å². The predicted molar refractivity (Wildman–Crippen MR) is 88.0 cm³/mol. The highest BCUT2D eigenvalue weighted by atomic mass is 16.5. The maximum absolute atomic E-state index is 12.6. The number of hydrogen-bond donors (Lipinski definition) is 0. The fourth-order valence-electron chi connectivity index (χ4n) is 3.55. The lowest BCUT2D eigenvalue weighted by molar-refractivity contribution is -0.135. The molecule has 0 saturated carbocycles. The number of ether oxygens (including phenoxy) is 1. The Morgan fingerprint density at radius 1 is 1.35 bits per heavy atom. The fourth-order valence-corrected chi connectivity index (χ4v) is 3.55. The second-order valence-corrected chi connectivity index (χ2v) is 6.76. The van der Waals surface area contributed by atoms with Crippen molar-refractivity contribution in [3.63, 3.8) is 0 Å². The van der Waals surface area contributed by atoms with E-state index in [1.807, 2.05) is 28.9 Å². The van der Waals surface area contributed by atoms with Gasteiger partial charge in [0.05, 0.1) is 12.1 Å². The highest BCUT2D eigenvalue weighted by Gasteiger charge is 2.30. The van der Waals surface area contributed by atoms with Gasteiger partial charge < -0.3 is 14.2 Å². The zero-order valence-electron chi connectivity index (χ0n) is 14.3. The number of likely N-dealkylation sites (N-methyl/N-ethyl adjacent to an activating group) is 1. The van der Waals surface area contributed by atoms with E-state index < -0.39 is 0 Å². The Labute approximate surface area is 138 Å². The number of imidazole rings is 1. The summed E-state index contributed by atoms with van der Waals surface area (Å²) in [7, 11) is 4.12. The highest BCUT2D eigenvalue weighted by Crippen LogP contribution is 2.24. The van der Waals surface area contributed by atoms with E-state index >= 15 is 0 Å². The molecule has 0 N–H and O–H groups in total. The minimum atomic E-state index is 0.179. The fraction of sp³-hybridized carbons (Fsp3) is 0.765. The normalized spacial score (nSPS) is 26.4. The average molecular weight is 320 g/mol. The molecular weight excluding hydrogens is 292 g/mol. The van der Waals surface area contributed by atoms with Gasteiger partial charge in [-0.05, 0) is 32.7 Å². The van der Waals surface area contributed by atoms with E-state index in [0.717, 1.165) is 51.3 Å². The Bertz CT molecular complexity index is 524. The van der Waals surface area contributed by atoms with Gasteiger partial charge in [0.15, 0.2) is 0 Å². The molecular formula is C17H28N4O2. The van der Waals surface area contributed by atoms with Crippen molar-refractivity contribution < 1.29 is 9.53 Å². The van der Waals surface area contributed by atoms with Crippen molar-refractivity contribution in [2.45, 2.75) is 44.2 Å². The Morgan fingerprint density at radius 2 is 2.22 bits per heavy atom. The lowest BCUT2D eigenvalue weighted by atomic mass is 10.0. The van der Waals surface area contributed by atoms with Gasteiger partial charge in [-0.2, -0.15) is 0 Å². The standard InChI is InChI=1S/C17H28N4O2/c1-19-10-11-21(13-15(19)17-18-8-9-20(17)2)16(22)7-6-14-5-3-4-12-23-14/h8-9,14-15H,3-7,10-13H2,1-2H3/t14-,15-/m0/s1. The van der Waals surface area contributed by atoms with Crippen LogP contribution in [0.1, 0.15) is 44.0 Å². The molecule has 128 valence electrons. The lowest BCUT2D eigenvalue weighted by Gasteiger charge is -2.39. The largest absolute Gasteiger partial charge is 0.378 e.